The summed E-state index contributed by atoms with van der Waals surface area (Å²) in [4.78, 5) is 0. The van der Waals surface area contributed by atoms with Gasteiger partial charge in [-0.15, -0.1) is 0 Å². The standard InChI is InChI=1S/2C4H7.2ClH.Sn/c2*1-3-4-2;;;/h2*3-4H,1H2,2H3;2*1H;/q;;;;+2/p-2/b2*4-3-;;;. The summed E-state index contributed by atoms with van der Waals surface area (Å²) in [7, 11) is 12.3. The summed E-state index contributed by atoms with van der Waals surface area (Å²) in [5, 5.41) is 0. The molecule has 0 aliphatic carbocycles. The van der Waals surface area contributed by atoms with Gasteiger partial charge in [0.25, 0.3) is 0 Å². The van der Waals surface area contributed by atoms with Crippen LogP contribution in [0.1, 0.15) is 13.8 Å². The van der Waals surface area contributed by atoms with Crippen molar-refractivity contribution in [1.82, 2.24) is 0 Å². The Morgan fingerprint density at radius 2 is 1.36 bits per heavy atom. The third kappa shape index (κ3) is 7.23. The van der Waals surface area contributed by atoms with Gasteiger partial charge in [0.15, 0.2) is 0 Å². The number of rotatable bonds is 4. The van der Waals surface area contributed by atoms with Crippen molar-refractivity contribution in [3.05, 3.63) is 24.3 Å². The second-order valence-corrected chi connectivity index (χ2v) is 20.6. The molecule has 0 rings (SSSR count). The molecular weight excluding hydrogens is 286 g/mol. The maximum atomic E-state index is 6.17. The Labute approximate surface area is 80.6 Å². The SMILES string of the molecule is C/C=C\[CH2][Sn]([Cl])([Cl])[CH2]/C=C\C. The van der Waals surface area contributed by atoms with Gasteiger partial charge >= 0.3 is 81.0 Å². The van der Waals surface area contributed by atoms with E-state index >= 15 is 0 Å². The Kier molecular flexibility index (Phi) is 6.88. The minimum absolute atomic E-state index is 0.915. The van der Waals surface area contributed by atoms with Gasteiger partial charge in [-0.25, -0.2) is 0 Å². The molecule has 0 N–H and O–H groups in total. The average molecular weight is 300 g/mol. The van der Waals surface area contributed by atoms with Crippen molar-refractivity contribution in [2.45, 2.75) is 22.7 Å². The zero-order valence-corrected chi connectivity index (χ0v) is 11.3. The van der Waals surface area contributed by atoms with E-state index in [1.165, 1.54) is 0 Å². The summed E-state index contributed by atoms with van der Waals surface area (Å²) in [6, 6.07) is 0. The fraction of sp³-hybridized carbons (Fsp3) is 0.500. The fourth-order valence-corrected chi connectivity index (χ4v) is 6.84. The van der Waals surface area contributed by atoms with Crippen molar-refractivity contribution in [2.75, 3.05) is 0 Å². The van der Waals surface area contributed by atoms with Crippen molar-refractivity contribution in [3.8, 4) is 0 Å². The first-order chi connectivity index (χ1) is 5.12. The molecule has 0 aromatic rings. The molecule has 0 radical (unpaired) electrons. The second-order valence-electron chi connectivity index (χ2n) is 2.40. The van der Waals surface area contributed by atoms with Crippen LogP contribution >= 0.6 is 17.8 Å². The van der Waals surface area contributed by atoms with Gasteiger partial charge in [-0.05, 0) is 0 Å². The van der Waals surface area contributed by atoms with Crippen molar-refractivity contribution in [1.29, 1.82) is 0 Å². The van der Waals surface area contributed by atoms with Crippen LogP contribution in [0.4, 0.5) is 0 Å². The van der Waals surface area contributed by atoms with Gasteiger partial charge in [0.1, 0.15) is 0 Å². The first-order valence-electron chi connectivity index (χ1n) is 3.72. The Bertz CT molecular complexity index is 134. The molecule has 11 heavy (non-hydrogen) atoms. The van der Waals surface area contributed by atoms with E-state index in [0.717, 1.165) is 8.87 Å². The van der Waals surface area contributed by atoms with E-state index in [-0.39, 0.29) is 0 Å². The van der Waals surface area contributed by atoms with Crippen molar-refractivity contribution >= 4 is 34.0 Å². The van der Waals surface area contributed by atoms with Gasteiger partial charge in [0.05, 0.1) is 0 Å². The minimum atomic E-state index is -2.66. The molecule has 0 aromatic carbocycles. The summed E-state index contributed by atoms with van der Waals surface area (Å²) in [6.45, 7) is 3.98. The molecule has 0 unspecified atom stereocenters. The summed E-state index contributed by atoms with van der Waals surface area (Å²) < 4.78 is 1.83. The number of halogens is 2. The van der Waals surface area contributed by atoms with E-state index in [2.05, 4.69) is 12.2 Å². The van der Waals surface area contributed by atoms with Crippen molar-refractivity contribution in [3.63, 3.8) is 0 Å². The molecule has 0 heterocycles. The molecule has 0 saturated carbocycles. The second kappa shape index (κ2) is 6.38. The summed E-state index contributed by atoms with van der Waals surface area (Å²) >= 11 is -2.66. The molecule has 3 heteroatoms. The van der Waals surface area contributed by atoms with Gasteiger partial charge in [-0.2, -0.15) is 0 Å². The molecule has 0 amide bonds. The molecule has 0 nitrogen and oxygen atoms in total. The predicted octanol–water partition coefficient (Wildman–Crippen LogP) is 4.06. The van der Waals surface area contributed by atoms with Crippen LogP contribution in [0, 0.1) is 0 Å². The van der Waals surface area contributed by atoms with E-state index in [4.69, 9.17) is 17.8 Å². The first kappa shape index (κ1) is 11.9. The van der Waals surface area contributed by atoms with E-state index in [9.17, 15) is 0 Å². The molecule has 0 aromatic heterocycles. The van der Waals surface area contributed by atoms with Crippen LogP contribution in [0.2, 0.25) is 8.87 Å². The van der Waals surface area contributed by atoms with Crippen LogP contribution in [0.25, 0.3) is 0 Å². The zero-order valence-electron chi connectivity index (χ0n) is 6.98. The molecule has 0 fully saturated rings. The summed E-state index contributed by atoms with van der Waals surface area (Å²) in [5.41, 5.74) is 0. The maximum absolute atomic E-state index is 6.17. The van der Waals surface area contributed by atoms with Crippen LogP contribution in [0.15, 0.2) is 24.3 Å². The topological polar surface area (TPSA) is 0 Å². The van der Waals surface area contributed by atoms with E-state index < -0.39 is 16.1 Å². The average Bonchev–Trinajstić information content (AvgIpc) is 1.97. The van der Waals surface area contributed by atoms with Gasteiger partial charge < -0.3 is 0 Å². The van der Waals surface area contributed by atoms with Gasteiger partial charge in [-0.3, -0.25) is 0 Å². The quantitative estimate of drug-likeness (QED) is 0.542. The van der Waals surface area contributed by atoms with Gasteiger partial charge in [0.2, 0.25) is 0 Å². The Morgan fingerprint density at radius 1 is 1.00 bits per heavy atom. The number of hydrogen-bond donors (Lipinski definition) is 0. The molecule has 0 atom stereocenters. The molecule has 0 aliphatic rings. The molecule has 64 valence electrons. The normalized spacial score (nSPS) is 13.5. The monoisotopic (exact) mass is 300 g/mol. The van der Waals surface area contributed by atoms with Crippen molar-refractivity contribution in [2.24, 2.45) is 0 Å². The Balaban J connectivity index is 3.78. The first-order valence-corrected chi connectivity index (χ1v) is 15.0. The van der Waals surface area contributed by atoms with Gasteiger partial charge in [-0.1, -0.05) is 0 Å². The molecule has 0 spiro atoms. The third-order valence-corrected chi connectivity index (χ3v) is 10.2. The van der Waals surface area contributed by atoms with E-state index in [0.29, 0.717) is 0 Å². The zero-order chi connectivity index (χ0) is 8.74. The molecule has 0 bridgehead atoms. The summed E-state index contributed by atoms with van der Waals surface area (Å²) in [6.07, 6.45) is 8.15. The van der Waals surface area contributed by atoms with Crippen LogP contribution in [0.3, 0.4) is 0 Å². The van der Waals surface area contributed by atoms with Crippen LogP contribution in [-0.2, 0) is 0 Å². The number of allylic oxidation sites excluding steroid dienone is 4. The Morgan fingerprint density at radius 3 is 1.64 bits per heavy atom. The van der Waals surface area contributed by atoms with E-state index in [1.807, 2.05) is 26.0 Å². The van der Waals surface area contributed by atoms with E-state index in [1.54, 1.807) is 0 Å². The molecule has 0 saturated heterocycles. The van der Waals surface area contributed by atoms with Crippen molar-refractivity contribution < 1.29 is 0 Å². The summed E-state index contributed by atoms with van der Waals surface area (Å²) in [5.74, 6) is 0. The van der Waals surface area contributed by atoms with Crippen LogP contribution in [0.5, 0.6) is 0 Å². The van der Waals surface area contributed by atoms with Gasteiger partial charge in [0, 0.05) is 0 Å². The molecule has 0 aliphatic heterocycles. The number of hydrogen-bond acceptors (Lipinski definition) is 0. The van der Waals surface area contributed by atoms with Crippen LogP contribution < -0.4 is 0 Å². The molecular formula is C8H14Cl2Sn. The van der Waals surface area contributed by atoms with Crippen LogP contribution in [-0.4, -0.2) is 16.1 Å². The fourth-order valence-electron chi connectivity index (χ4n) is 0.664. The predicted molar refractivity (Wildman–Crippen MR) is 56.7 cm³/mol. The third-order valence-electron chi connectivity index (χ3n) is 1.30. The Hall–Kier alpha value is 0.859.